The van der Waals surface area contributed by atoms with Crippen molar-refractivity contribution >= 4 is 11.6 Å². The van der Waals surface area contributed by atoms with E-state index in [9.17, 15) is 4.79 Å². The molecule has 1 heterocycles. The van der Waals surface area contributed by atoms with Crippen LogP contribution in [0.1, 0.15) is 30.4 Å². The maximum atomic E-state index is 12.2. The predicted octanol–water partition coefficient (Wildman–Crippen LogP) is 2.39. The Morgan fingerprint density at radius 3 is 2.79 bits per heavy atom. The fourth-order valence-corrected chi connectivity index (χ4v) is 2.57. The molecule has 104 valence electrons. The van der Waals surface area contributed by atoms with E-state index >= 15 is 0 Å². The van der Waals surface area contributed by atoms with Crippen LogP contribution in [0.5, 0.6) is 5.75 Å². The molecule has 1 aliphatic rings. The molecule has 0 radical (unpaired) electrons. The second-order valence-corrected chi connectivity index (χ2v) is 5.08. The molecule has 1 aliphatic heterocycles. The smallest absolute Gasteiger partial charge is 0.241 e. The first-order valence-corrected chi connectivity index (χ1v) is 6.82. The van der Waals surface area contributed by atoms with Gasteiger partial charge >= 0.3 is 0 Å². The molecule has 4 nitrogen and oxygen atoms in total. The lowest BCUT2D eigenvalue weighted by molar-refractivity contribution is -0.118. The van der Waals surface area contributed by atoms with Crippen LogP contribution in [0.4, 0.5) is 5.69 Å². The van der Waals surface area contributed by atoms with Gasteiger partial charge < -0.3 is 15.4 Å². The number of amides is 1. The van der Waals surface area contributed by atoms with E-state index in [0.29, 0.717) is 0 Å². The molecule has 19 heavy (non-hydrogen) atoms. The van der Waals surface area contributed by atoms with E-state index in [1.807, 2.05) is 26.0 Å². The third kappa shape index (κ3) is 3.07. The number of piperidine rings is 1. The average molecular weight is 262 g/mol. The first-order chi connectivity index (χ1) is 9.13. The number of hydrogen-bond acceptors (Lipinski definition) is 3. The van der Waals surface area contributed by atoms with E-state index < -0.39 is 0 Å². The van der Waals surface area contributed by atoms with Gasteiger partial charge in [0.2, 0.25) is 5.91 Å². The summed E-state index contributed by atoms with van der Waals surface area (Å²) in [6.45, 7) is 4.89. The van der Waals surface area contributed by atoms with Crippen molar-refractivity contribution in [1.82, 2.24) is 5.32 Å². The lowest BCUT2D eigenvalue weighted by Crippen LogP contribution is -2.43. The van der Waals surface area contributed by atoms with Gasteiger partial charge in [0.25, 0.3) is 0 Å². The predicted molar refractivity (Wildman–Crippen MR) is 76.7 cm³/mol. The van der Waals surface area contributed by atoms with E-state index in [0.717, 1.165) is 48.4 Å². The number of aryl methyl sites for hydroxylation is 1. The summed E-state index contributed by atoms with van der Waals surface area (Å²) >= 11 is 0. The maximum absolute atomic E-state index is 12.2. The zero-order chi connectivity index (χ0) is 13.8. The van der Waals surface area contributed by atoms with E-state index in [1.54, 1.807) is 7.11 Å². The third-order valence-electron chi connectivity index (χ3n) is 3.69. The van der Waals surface area contributed by atoms with E-state index in [1.165, 1.54) is 0 Å². The van der Waals surface area contributed by atoms with Gasteiger partial charge in [0.05, 0.1) is 13.2 Å². The molecule has 1 fully saturated rings. The van der Waals surface area contributed by atoms with Crippen molar-refractivity contribution in [2.45, 2.75) is 39.2 Å². The highest BCUT2D eigenvalue weighted by atomic mass is 16.5. The molecule has 0 aromatic heterocycles. The number of rotatable bonds is 3. The molecular formula is C15H22N2O2. The van der Waals surface area contributed by atoms with E-state index in [4.69, 9.17) is 4.74 Å². The first-order valence-electron chi connectivity index (χ1n) is 6.82. The molecule has 1 amide bonds. The molecular weight excluding hydrogens is 240 g/mol. The molecule has 1 atom stereocenters. The standard InChI is InChI=1S/C15H22N2O2/c1-10-7-8-12(11(2)14(10)19-3)17-15(18)13-6-4-5-9-16-13/h7-8,13,16H,4-6,9H2,1-3H3,(H,17,18)/t13-/m0/s1. The molecule has 0 unspecified atom stereocenters. The second kappa shape index (κ2) is 6.06. The Morgan fingerprint density at radius 1 is 1.37 bits per heavy atom. The summed E-state index contributed by atoms with van der Waals surface area (Å²) in [6.07, 6.45) is 3.18. The minimum atomic E-state index is -0.0690. The summed E-state index contributed by atoms with van der Waals surface area (Å²) in [5.41, 5.74) is 2.89. The van der Waals surface area contributed by atoms with Crippen molar-refractivity contribution in [3.8, 4) is 5.75 Å². The number of carbonyl (C=O) groups is 1. The fourth-order valence-electron chi connectivity index (χ4n) is 2.57. The average Bonchev–Trinajstić information content (AvgIpc) is 2.43. The zero-order valence-corrected chi connectivity index (χ0v) is 11.9. The van der Waals surface area contributed by atoms with Crippen LogP contribution in [0.2, 0.25) is 0 Å². The lowest BCUT2D eigenvalue weighted by Gasteiger charge is -2.23. The van der Waals surface area contributed by atoms with Crippen molar-refractivity contribution in [3.05, 3.63) is 23.3 Å². The summed E-state index contributed by atoms with van der Waals surface area (Å²) in [5.74, 6) is 0.892. The number of ether oxygens (including phenoxy) is 1. The summed E-state index contributed by atoms with van der Waals surface area (Å²) in [4.78, 5) is 12.2. The van der Waals surface area contributed by atoms with Gasteiger partial charge in [-0.3, -0.25) is 4.79 Å². The molecule has 0 bridgehead atoms. The van der Waals surface area contributed by atoms with Gasteiger partial charge in [-0.2, -0.15) is 0 Å². The minimum absolute atomic E-state index is 0.0497. The number of carbonyl (C=O) groups excluding carboxylic acids is 1. The first kappa shape index (κ1) is 13.9. The van der Waals surface area contributed by atoms with Crippen LogP contribution in [0.3, 0.4) is 0 Å². The van der Waals surface area contributed by atoms with Crippen LogP contribution in [0.25, 0.3) is 0 Å². The van der Waals surface area contributed by atoms with Gasteiger partial charge in [-0.1, -0.05) is 12.5 Å². The topological polar surface area (TPSA) is 50.4 Å². The number of benzene rings is 1. The Balaban J connectivity index is 2.12. The Bertz CT molecular complexity index is 465. The zero-order valence-electron chi connectivity index (χ0n) is 11.9. The monoisotopic (exact) mass is 262 g/mol. The molecule has 0 spiro atoms. The van der Waals surface area contributed by atoms with Crippen LogP contribution < -0.4 is 15.4 Å². The molecule has 1 saturated heterocycles. The number of methoxy groups -OCH3 is 1. The molecule has 0 aliphatic carbocycles. The Hall–Kier alpha value is -1.55. The van der Waals surface area contributed by atoms with Gasteiger partial charge in [-0.15, -0.1) is 0 Å². The van der Waals surface area contributed by atoms with E-state index in [2.05, 4.69) is 10.6 Å². The summed E-state index contributed by atoms with van der Waals surface area (Å²) in [7, 11) is 1.66. The molecule has 2 N–H and O–H groups in total. The minimum Gasteiger partial charge on any atom is -0.496 e. The number of nitrogens with one attached hydrogen (secondary N) is 2. The second-order valence-electron chi connectivity index (χ2n) is 5.08. The SMILES string of the molecule is COc1c(C)ccc(NC(=O)[C@@H]2CCCCN2)c1C. The summed E-state index contributed by atoms with van der Waals surface area (Å²) in [5, 5.41) is 6.26. The van der Waals surface area contributed by atoms with Gasteiger partial charge in [0.1, 0.15) is 5.75 Å². The Morgan fingerprint density at radius 2 is 2.16 bits per heavy atom. The highest BCUT2D eigenvalue weighted by Gasteiger charge is 2.21. The quantitative estimate of drug-likeness (QED) is 0.879. The number of hydrogen-bond donors (Lipinski definition) is 2. The lowest BCUT2D eigenvalue weighted by atomic mass is 10.0. The van der Waals surface area contributed by atoms with Crippen molar-refractivity contribution < 1.29 is 9.53 Å². The third-order valence-corrected chi connectivity index (χ3v) is 3.69. The Kier molecular flexibility index (Phi) is 4.43. The number of anilines is 1. The molecule has 1 aromatic carbocycles. The van der Waals surface area contributed by atoms with Crippen LogP contribution in [-0.2, 0) is 4.79 Å². The highest BCUT2D eigenvalue weighted by Crippen LogP contribution is 2.29. The van der Waals surface area contributed by atoms with Gasteiger partial charge in [-0.05, 0) is 44.9 Å². The molecule has 4 heteroatoms. The van der Waals surface area contributed by atoms with Crippen LogP contribution in [-0.4, -0.2) is 25.6 Å². The molecule has 2 rings (SSSR count). The maximum Gasteiger partial charge on any atom is 0.241 e. The van der Waals surface area contributed by atoms with Gasteiger partial charge in [0, 0.05) is 11.3 Å². The molecule has 0 saturated carbocycles. The van der Waals surface area contributed by atoms with Crippen molar-refractivity contribution in [2.75, 3.05) is 19.0 Å². The fraction of sp³-hybridized carbons (Fsp3) is 0.533. The molecule has 1 aromatic rings. The van der Waals surface area contributed by atoms with Crippen LogP contribution >= 0.6 is 0 Å². The van der Waals surface area contributed by atoms with Gasteiger partial charge in [-0.25, -0.2) is 0 Å². The van der Waals surface area contributed by atoms with Crippen LogP contribution in [0, 0.1) is 13.8 Å². The Labute approximate surface area is 114 Å². The largest absolute Gasteiger partial charge is 0.496 e. The summed E-state index contributed by atoms with van der Waals surface area (Å²) < 4.78 is 5.38. The normalized spacial score (nSPS) is 19.0. The van der Waals surface area contributed by atoms with Crippen molar-refractivity contribution in [1.29, 1.82) is 0 Å². The van der Waals surface area contributed by atoms with Gasteiger partial charge in [0.15, 0.2) is 0 Å². The summed E-state index contributed by atoms with van der Waals surface area (Å²) in [6, 6.07) is 3.84. The van der Waals surface area contributed by atoms with Crippen molar-refractivity contribution in [2.24, 2.45) is 0 Å². The highest BCUT2D eigenvalue weighted by molar-refractivity contribution is 5.95. The van der Waals surface area contributed by atoms with Crippen molar-refractivity contribution in [3.63, 3.8) is 0 Å². The van der Waals surface area contributed by atoms with Crippen LogP contribution in [0.15, 0.2) is 12.1 Å². The van der Waals surface area contributed by atoms with E-state index in [-0.39, 0.29) is 11.9 Å².